The molecule has 1 heterocycles. The maximum absolute atomic E-state index is 5.98. The molecule has 0 aromatic carbocycles. The molecule has 2 atom stereocenters. The third kappa shape index (κ3) is 3.46. The molecular formula is C10H20N2O. The van der Waals surface area contributed by atoms with Crippen LogP contribution in [0.1, 0.15) is 13.8 Å². The highest BCUT2D eigenvalue weighted by atomic mass is 16.5. The summed E-state index contributed by atoms with van der Waals surface area (Å²) in [6.45, 7) is 6.87. The first-order valence-corrected chi connectivity index (χ1v) is 4.80. The van der Waals surface area contributed by atoms with E-state index < -0.39 is 0 Å². The fraction of sp³-hybridized carbons (Fsp3) is 0.800. The SMILES string of the molecule is CC(C)=CC(N)C1CN(C)CCO1. The summed E-state index contributed by atoms with van der Waals surface area (Å²) < 4.78 is 5.60. The maximum atomic E-state index is 5.98. The zero-order valence-corrected chi connectivity index (χ0v) is 8.79. The lowest BCUT2D eigenvalue weighted by Gasteiger charge is -2.32. The Morgan fingerprint density at radius 2 is 2.31 bits per heavy atom. The van der Waals surface area contributed by atoms with E-state index in [1.54, 1.807) is 0 Å². The Labute approximate surface area is 80.5 Å². The summed E-state index contributed by atoms with van der Waals surface area (Å²) in [6.07, 6.45) is 2.23. The van der Waals surface area contributed by atoms with E-state index in [1.165, 1.54) is 5.57 Å². The van der Waals surface area contributed by atoms with Crippen LogP contribution in [0.3, 0.4) is 0 Å². The topological polar surface area (TPSA) is 38.5 Å². The van der Waals surface area contributed by atoms with Crippen LogP contribution in [-0.2, 0) is 4.74 Å². The van der Waals surface area contributed by atoms with Crippen LogP contribution in [0.25, 0.3) is 0 Å². The minimum absolute atomic E-state index is 0.0350. The number of hydrogen-bond donors (Lipinski definition) is 1. The molecule has 0 saturated carbocycles. The van der Waals surface area contributed by atoms with Crippen molar-refractivity contribution in [2.45, 2.75) is 26.0 Å². The van der Waals surface area contributed by atoms with E-state index in [4.69, 9.17) is 10.5 Å². The average molecular weight is 184 g/mol. The molecule has 3 heteroatoms. The van der Waals surface area contributed by atoms with Crippen molar-refractivity contribution in [2.75, 3.05) is 26.7 Å². The largest absolute Gasteiger partial charge is 0.374 e. The molecule has 0 bridgehead atoms. The second kappa shape index (κ2) is 4.74. The molecule has 1 rings (SSSR count). The molecule has 1 aliphatic rings. The molecule has 1 saturated heterocycles. The van der Waals surface area contributed by atoms with E-state index in [2.05, 4.69) is 31.9 Å². The molecule has 0 aliphatic carbocycles. The van der Waals surface area contributed by atoms with Gasteiger partial charge in [0.05, 0.1) is 18.8 Å². The first-order chi connectivity index (χ1) is 6.09. The van der Waals surface area contributed by atoms with Gasteiger partial charge in [-0.2, -0.15) is 0 Å². The molecule has 0 aromatic rings. The van der Waals surface area contributed by atoms with Gasteiger partial charge in [-0.3, -0.25) is 0 Å². The van der Waals surface area contributed by atoms with Gasteiger partial charge in [0.1, 0.15) is 0 Å². The molecule has 3 nitrogen and oxygen atoms in total. The van der Waals surface area contributed by atoms with Crippen LogP contribution >= 0.6 is 0 Å². The fourth-order valence-corrected chi connectivity index (χ4v) is 1.54. The molecule has 1 aliphatic heterocycles. The molecule has 2 unspecified atom stereocenters. The summed E-state index contributed by atoms with van der Waals surface area (Å²) in [5.41, 5.74) is 7.24. The van der Waals surface area contributed by atoms with Gasteiger partial charge in [0.15, 0.2) is 0 Å². The minimum Gasteiger partial charge on any atom is -0.374 e. The summed E-state index contributed by atoms with van der Waals surface area (Å²) >= 11 is 0. The highest BCUT2D eigenvalue weighted by Gasteiger charge is 2.22. The number of hydrogen-bond acceptors (Lipinski definition) is 3. The Kier molecular flexibility index (Phi) is 3.90. The normalized spacial score (nSPS) is 26.9. The van der Waals surface area contributed by atoms with E-state index in [0.717, 1.165) is 19.7 Å². The number of likely N-dealkylation sites (N-methyl/N-ethyl adjacent to an activating group) is 1. The summed E-state index contributed by atoms with van der Waals surface area (Å²) in [5.74, 6) is 0. The lowest BCUT2D eigenvalue weighted by molar-refractivity contribution is -0.0249. The maximum Gasteiger partial charge on any atom is 0.0888 e. The van der Waals surface area contributed by atoms with Gasteiger partial charge in [0.25, 0.3) is 0 Å². The molecule has 1 fully saturated rings. The van der Waals surface area contributed by atoms with Crippen LogP contribution in [0.15, 0.2) is 11.6 Å². The Morgan fingerprint density at radius 1 is 1.62 bits per heavy atom. The number of nitrogens with zero attached hydrogens (tertiary/aromatic N) is 1. The van der Waals surface area contributed by atoms with Crippen molar-refractivity contribution in [1.82, 2.24) is 4.90 Å². The standard InChI is InChI=1S/C10H20N2O/c1-8(2)6-9(11)10-7-12(3)4-5-13-10/h6,9-10H,4-5,7,11H2,1-3H3. The summed E-state index contributed by atoms with van der Waals surface area (Å²) in [6, 6.07) is 0.0350. The number of morpholine rings is 1. The zero-order valence-electron chi connectivity index (χ0n) is 8.79. The first-order valence-electron chi connectivity index (χ1n) is 4.80. The van der Waals surface area contributed by atoms with Crippen LogP contribution < -0.4 is 5.73 Å². The Hall–Kier alpha value is -0.380. The zero-order chi connectivity index (χ0) is 9.84. The number of nitrogens with two attached hydrogens (primary N) is 1. The van der Waals surface area contributed by atoms with Crippen LogP contribution in [0.5, 0.6) is 0 Å². The lowest BCUT2D eigenvalue weighted by atomic mass is 10.1. The van der Waals surface area contributed by atoms with E-state index in [0.29, 0.717) is 0 Å². The predicted molar refractivity (Wildman–Crippen MR) is 54.6 cm³/mol. The van der Waals surface area contributed by atoms with Crippen molar-refractivity contribution in [3.8, 4) is 0 Å². The van der Waals surface area contributed by atoms with Gasteiger partial charge in [-0.25, -0.2) is 0 Å². The number of allylic oxidation sites excluding steroid dienone is 1. The van der Waals surface area contributed by atoms with E-state index in [1.807, 2.05) is 0 Å². The molecule has 0 spiro atoms. The molecule has 0 aromatic heterocycles. The number of ether oxygens (including phenoxy) is 1. The number of rotatable bonds is 2. The van der Waals surface area contributed by atoms with Gasteiger partial charge in [0, 0.05) is 13.1 Å². The monoisotopic (exact) mass is 184 g/mol. The molecule has 13 heavy (non-hydrogen) atoms. The van der Waals surface area contributed by atoms with E-state index in [9.17, 15) is 0 Å². The lowest BCUT2D eigenvalue weighted by Crippen LogP contribution is -2.48. The van der Waals surface area contributed by atoms with E-state index >= 15 is 0 Å². The van der Waals surface area contributed by atoms with Crippen molar-refractivity contribution >= 4 is 0 Å². The second-order valence-electron chi connectivity index (χ2n) is 3.99. The van der Waals surface area contributed by atoms with Crippen LogP contribution in [0.2, 0.25) is 0 Å². The van der Waals surface area contributed by atoms with Gasteiger partial charge in [-0.15, -0.1) is 0 Å². The second-order valence-corrected chi connectivity index (χ2v) is 3.99. The summed E-state index contributed by atoms with van der Waals surface area (Å²) in [5, 5.41) is 0. The molecular weight excluding hydrogens is 164 g/mol. The van der Waals surface area contributed by atoms with Crippen molar-refractivity contribution in [3.05, 3.63) is 11.6 Å². The quantitative estimate of drug-likeness (QED) is 0.639. The van der Waals surface area contributed by atoms with Gasteiger partial charge in [0.2, 0.25) is 0 Å². The van der Waals surface area contributed by atoms with Crippen molar-refractivity contribution in [3.63, 3.8) is 0 Å². The smallest absolute Gasteiger partial charge is 0.0888 e. The predicted octanol–water partition coefficient (Wildman–Crippen LogP) is 0.611. The Bertz CT molecular complexity index is 187. The summed E-state index contributed by atoms with van der Waals surface area (Å²) in [7, 11) is 2.10. The fourth-order valence-electron chi connectivity index (χ4n) is 1.54. The summed E-state index contributed by atoms with van der Waals surface area (Å²) in [4.78, 5) is 2.26. The van der Waals surface area contributed by atoms with Crippen LogP contribution in [-0.4, -0.2) is 43.8 Å². The van der Waals surface area contributed by atoms with Crippen molar-refractivity contribution in [2.24, 2.45) is 5.73 Å². The molecule has 2 N–H and O–H groups in total. The minimum atomic E-state index is 0.0350. The molecule has 0 amide bonds. The van der Waals surface area contributed by atoms with Gasteiger partial charge in [-0.1, -0.05) is 11.6 Å². The highest BCUT2D eigenvalue weighted by molar-refractivity contribution is 5.03. The van der Waals surface area contributed by atoms with Crippen molar-refractivity contribution < 1.29 is 4.74 Å². The van der Waals surface area contributed by atoms with E-state index in [-0.39, 0.29) is 12.1 Å². The third-order valence-corrected chi connectivity index (χ3v) is 2.25. The van der Waals surface area contributed by atoms with Gasteiger partial charge >= 0.3 is 0 Å². The van der Waals surface area contributed by atoms with Gasteiger partial charge < -0.3 is 15.4 Å². The Morgan fingerprint density at radius 3 is 2.85 bits per heavy atom. The molecule has 76 valence electrons. The Balaban J connectivity index is 2.46. The molecule has 0 radical (unpaired) electrons. The van der Waals surface area contributed by atoms with Crippen molar-refractivity contribution in [1.29, 1.82) is 0 Å². The van der Waals surface area contributed by atoms with Crippen LogP contribution in [0, 0.1) is 0 Å². The van der Waals surface area contributed by atoms with Crippen LogP contribution in [0.4, 0.5) is 0 Å². The third-order valence-electron chi connectivity index (χ3n) is 2.25. The first kappa shape index (κ1) is 10.7. The highest BCUT2D eigenvalue weighted by Crippen LogP contribution is 2.08. The van der Waals surface area contributed by atoms with Gasteiger partial charge in [-0.05, 0) is 20.9 Å². The average Bonchev–Trinajstić information content (AvgIpc) is 2.03.